The number of aryl methyl sites for hydroxylation is 1. The fraction of sp³-hybridized carbons (Fsp3) is 0.444. The van der Waals surface area contributed by atoms with Gasteiger partial charge in [0.05, 0.1) is 0 Å². The SMILES string of the molecule is Cc1ccc(C(CNC(C)(C)C)Cc2cccs2)cc1. The molecule has 1 N–H and O–H groups in total. The topological polar surface area (TPSA) is 12.0 Å². The van der Waals surface area contributed by atoms with Crippen LogP contribution in [0.25, 0.3) is 0 Å². The minimum Gasteiger partial charge on any atom is -0.311 e. The Morgan fingerprint density at radius 2 is 1.80 bits per heavy atom. The largest absolute Gasteiger partial charge is 0.311 e. The highest BCUT2D eigenvalue weighted by atomic mass is 32.1. The Kier molecular flexibility index (Phi) is 5.00. The predicted molar refractivity (Wildman–Crippen MR) is 89.7 cm³/mol. The van der Waals surface area contributed by atoms with Crippen molar-refractivity contribution < 1.29 is 0 Å². The van der Waals surface area contributed by atoms with E-state index in [1.165, 1.54) is 16.0 Å². The van der Waals surface area contributed by atoms with Crippen molar-refractivity contribution in [3.05, 3.63) is 57.8 Å². The smallest absolute Gasteiger partial charge is 0.00967 e. The molecule has 0 saturated carbocycles. The van der Waals surface area contributed by atoms with Gasteiger partial charge in [0.15, 0.2) is 0 Å². The van der Waals surface area contributed by atoms with Gasteiger partial charge in [-0.05, 0) is 51.1 Å². The molecule has 0 aliphatic rings. The maximum atomic E-state index is 3.65. The van der Waals surface area contributed by atoms with Crippen LogP contribution in [0.2, 0.25) is 0 Å². The van der Waals surface area contributed by atoms with Crippen molar-refractivity contribution in [1.29, 1.82) is 0 Å². The highest BCUT2D eigenvalue weighted by molar-refractivity contribution is 7.09. The molecule has 108 valence electrons. The molecule has 0 saturated heterocycles. The Labute approximate surface area is 127 Å². The van der Waals surface area contributed by atoms with Gasteiger partial charge in [-0.3, -0.25) is 0 Å². The summed E-state index contributed by atoms with van der Waals surface area (Å²) in [6.07, 6.45) is 1.11. The van der Waals surface area contributed by atoms with Crippen LogP contribution in [0.3, 0.4) is 0 Å². The molecule has 1 atom stereocenters. The minimum atomic E-state index is 0.165. The predicted octanol–water partition coefficient (Wildman–Crippen LogP) is 4.77. The van der Waals surface area contributed by atoms with Crippen LogP contribution in [0, 0.1) is 6.92 Å². The van der Waals surface area contributed by atoms with Crippen molar-refractivity contribution in [2.45, 2.75) is 45.6 Å². The molecule has 2 heteroatoms. The van der Waals surface area contributed by atoms with E-state index in [2.05, 4.69) is 74.8 Å². The highest BCUT2D eigenvalue weighted by Crippen LogP contribution is 2.24. The summed E-state index contributed by atoms with van der Waals surface area (Å²) in [6.45, 7) is 9.84. The number of nitrogens with one attached hydrogen (secondary N) is 1. The average Bonchev–Trinajstić information content (AvgIpc) is 2.87. The molecule has 0 bridgehead atoms. The van der Waals surface area contributed by atoms with E-state index in [1.54, 1.807) is 0 Å². The Balaban J connectivity index is 2.12. The second-order valence-electron chi connectivity index (χ2n) is 6.52. The van der Waals surface area contributed by atoms with Crippen LogP contribution in [0.1, 0.15) is 42.7 Å². The van der Waals surface area contributed by atoms with E-state index in [4.69, 9.17) is 0 Å². The summed E-state index contributed by atoms with van der Waals surface area (Å²) in [5, 5.41) is 5.82. The second-order valence-corrected chi connectivity index (χ2v) is 7.55. The molecule has 1 nitrogen and oxygen atoms in total. The molecule has 1 aromatic carbocycles. The van der Waals surface area contributed by atoms with Gasteiger partial charge in [0.2, 0.25) is 0 Å². The summed E-state index contributed by atoms with van der Waals surface area (Å²) in [4.78, 5) is 1.46. The third kappa shape index (κ3) is 4.77. The van der Waals surface area contributed by atoms with E-state index < -0.39 is 0 Å². The van der Waals surface area contributed by atoms with Gasteiger partial charge in [0, 0.05) is 22.9 Å². The van der Waals surface area contributed by atoms with Crippen LogP contribution in [-0.2, 0) is 6.42 Å². The Morgan fingerprint density at radius 1 is 1.10 bits per heavy atom. The van der Waals surface area contributed by atoms with Gasteiger partial charge in [-0.25, -0.2) is 0 Å². The van der Waals surface area contributed by atoms with Crippen molar-refractivity contribution in [1.82, 2.24) is 5.32 Å². The van der Waals surface area contributed by atoms with Gasteiger partial charge < -0.3 is 5.32 Å². The summed E-state index contributed by atoms with van der Waals surface area (Å²) in [7, 11) is 0. The van der Waals surface area contributed by atoms with Gasteiger partial charge in [-0.1, -0.05) is 35.9 Å². The fourth-order valence-corrected chi connectivity index (χ4v) is 3.03. The first kappa shape index (κ1) is 15.3. The lowest BCUT2D eigenvalue weighted by atomic mass is 9.93. The van der Waals surface area contributed by atoms with E-state index in [0.29, 0.717) is 5.92 Å². The zero-order valence-corrected chi connectivity index (χ0v) is 13.8. The van der Waals surface area contributed by atoms with Gasteiger partial charge in [0.25, 0.3) is 0 Å². The average molecular weight is 287 g/mol. The van der Waals surface area contributed by atoms with Crippen LogP contribution >= 0.6 is 11.3 Å². The number of rotatable bonds is 5. The van der Waals surface area contributed by atoms with Gasteiger partial charge in [-0.15, -0.1) is 11.3 Å². The fourth-order valence-electron chi connectivity index (χ4n) is 2.25. The van der Waals surface area contributed by atoms with E-state index in [-0.39, 0.29) is 5.54 Å². The molecule has 0 fully saturated rings. The first-order chi connectivity index (χ1) is 9.44. The molecule has 20 heavy (non-hydrogen) atoms. The number of hydrogen-bond donors (Lipinski definition) is 1. The van der Waals surface area contributed by atoms with Gasteiger partial charge in [-0.2, -0.15) is 0 Å². The summed E-state index contributed by atoms with van der Waals surface area (Å²) in [5.41, 5.74) is 2.92. The van der Waals surface area contributed by atoms with Crippen molar-refractivity contribution in [3.8, 4) is 0 Å². The number of benzene rings is 1. The Bertz CT molecular complexity index is 505. The zero-order chi connectivity index (χ0) is 14.6. The standard InChI is InChI=1S/C18H25NS/c1-14-7-9-15(10-8-14)16(13-19-18(2,3)4)12-17-6-5-11-20-17/h5-11,16,19H,12-13H2,1-4H3. The van der Waals surface area contributed by atoms with E-state index in [9.17, 15) is 0 Å². The number of hydrogen-bond acceptors (Lipinski definition) is 2. The van der Waals surface area contributed by atoms with Crippen LogP contribution in [0.5, 0.6) is 0 Å². The third-order valence-corrected chi connectivity index (χ3v) is 4.35. The maximum Gasteiger partial charge on any atom is 0.00967 e. The van der Waals surface area contributed by atoms with Crippen molar-refractivity contribution >= 4 is 11.3 Å². The lowest BCUT2D eigenvalue weighted by molar-refractivity contribution is 0.405. The summed E-state index contributed by atoms with van der Waals surface area (Å²) in [6, 6.07) is 13.4. The molecule has 0 radical (unpaired) electrons. The van der Waals surface area contributed by atoms with Crippen LogP contribution in [-0.4, -0.2) is 12.1 Å². The van der Waals surface area contributed by atoms with Gasteiger partial charge in [0.1, 0.15) is 0 Å². The quantitative estimate of drug-likeness (QED) is 0.835. The van der Waals surface area contributed by atoms with Crippen LogP contribution in [0.15, 0.2) is 41.8 Å². The molecule has 1 heterocycles. The van der Waals surface area contributed by atoms with Crippen molar-refractivity contribution in [3.63, 3.8) is 0 Å². The van der Waals surface area contributed by atoms with E-state index in [1.807, 2.05) is 11.3 Å². The molecule has 1 aromatic heterocycles. The molecular weight excluding hydrogens is 262 g/mol. The number of thiophene rings is 1. The molecule has 0 aliphatic heterocycles. The first-order valence-electron chi connectivity index (χ1n) is 7.28. The van der Waals surface area contributed by atoms with Crippen LogP contribution < -0.4 is 5.32 Å². The Hall–Kier alpha value is -1.12. The van der Waals surface area contributed by atoms with E-state index in [0.717, 1.165) is 13.0 Å². The first-order valence-corrected chi connectivity index (χ1v) is 8.16. The molecular formula is C18H25NS. The van der Waals surface area contributed by atoms with Crippen molar-refractivity contribution in [2.24, 2.45) is 0 Å². The minimum absolute atomic E-state index is 0.165. The molecule has 2 aromatic rings. The third-order valence-electron chi connectivity index (χ3n) is 3.46. The normalized spacial score (nSPS) is 13.4. The van der Waals surface area contributed by atoms with Crippen LogP contribution in [0.4, 0.5) is 0 Å². The summed E-state index contributed by atoms with van der Waals surface area (Å²) < 4.78 is 0. The van der Waals surface area contributed by atoms with E-state index >= 15 is 0 Å². The monoisotopic (exact) mass is 287 g/mol. The molecule has 0 spiro atoms. The molecule has 1 unspecified atom stereocenters. The molecule has 2 rings (SSSR count). The lowest BCUT2D eigenvalue weighted by Gasteiger charge is -2.25. The van der Waals surface area contributed by atoms with Gasteiger partial charge >= 0.3 is 0 Å². The lowest BCUT2D eigenvalue weighted by Crippen LogP contribution is -2.39. The molecule has 0 amide bonds. The summed E-state index contributed by atoms with van der Waals surface area (Å²) in [5.74, 6) is 0.536. The maximum absolute atomic E-state index is 3.65. The molecule has 0 aliphatic carbocycles. The second kappa shape index (κ2) is 6.55. The highest BCUT2D eigenvalue weighted by Gasteiger charge is 2.16. The zero-order valence-electron chi connectivity index (χ0n) is 12.9. The summed E-state index contributed by atoms with van der Waals surface area (Å²) >= 11 is 1.85. The Morgan fingerprint density at radius 3 is 2.35 bits per heavy atom. The van der Waals surface area contributed by atoms with Crippen molar-refractivity contribution in [2.75, 3.05) is 6.54 Å².